The van der Waals surface area contributed by atoms with Crippen LogP contribution in [0.5, 0.6) is 5.75 Å². The molecule has 2 saturated heterocycles. The Morgan fingerprint density at radius 1 is 1.09 bits per heavy atom. The first kappa shape index (κ1) is 16.6. The number of nitrogens with zero attached hydrogens (tertiary/aromatic N) is 1. The third-order valence-corrected chi connectivity index (χ3v) is 5.71. The largest absolute Gasteiger partial charge is 0.495 e. The second kappa shape index (κ2) is 8.02. The van der Waals surface area contributed by atoms with Gasteiger partial charge >= 0.3 is 0 Å². The summed E-state index contributed by atoms with van der Waals surface area (Å²) in [6.07, 6.45) is 4.16. The molecule has 0 bridgehead atoms. The zero-order valence-corrected chi connectivity index (χ0v) is 14.8. The van der Waals surface area contributed by atoms with Crippen molar-refractivity contribution in [2.75, 3.05) is 57.8 Å². The van der Waals surface area contributed by atoms with Gasteiger partial charge in [-0.2, -0.15) is 0 Å². The molecule has 0 radical (unpaired) electrons. The fourth-order valence-corrected chi connectivity index (χ4v) is 4.37. The molecule has 23 heavy (non-hydrogen) atoms. The molecule has 2 fully saturated rings. The lowest BCUT2D eigenvalue weighted by molar-refractivity contribution is -0.958. The van der Waals surface area contributed by atoms with Crippen molar-refractivity contribution in [1.82, 2.24) is 0 Å². The standard InChI is InChI=1S/C19H31N3O/c1-3-10-20-11-8-17(9-12-20)21-13-15-22(16-14-21)18-6-4-5-7-19(18)23-2/h4-7,17H,3,8-16H2,1-2H3/p+2. The monoisotopic (exact) mass is 319 g/mol. The summed E-state index contributed by atoms with van der Waals surface area (Å²) < 4.78 is 5.53. The highest BCUT2D eigenvalue weighted by atomic mass is 16.5. The number of benzene rings is 1. The van der Waals surface area contributed by atoms with Crippen molar-refractivity contribution in [2.24, 2.45) is 0 Å². The Balaban J connectivity index is 1.51. The lowest BCUT2D eigenvalue weighted by Crippen LogP contribution is -3.22. The number of para-hydroxylation sites is 2. The Morgan fingerprint density at radius 3 is 2.43 bits per heavy atom. The first-order valence-corrected chi connectivity index (χ1v) is 9.38. The van der Waals surface area contributed by atoms with Crippen molar-refractivity contribution < 1.29 is 14.5 Å². The van der Waals surface area contributed by atoms with Crippen molar-refractivity contribution >= 4 is 5.69 Å². The molecule has 0 saturated carbocycles. The van der Waals surface area contributed by atoms with Gasteiger partial charge in [-0.3, -0.25) is 0 Å². The number of rotatable bonds is 5. The molecule has 0 spiro atoms. The Labute approximate surface area is 141 Å². The smallest absolute Gasteiger partial charge is 0.142 e. The molecule has 1 aromatic carbocycles. The molecule has 2 heterocycles. The van der Waals surface area contributed by atoms with Crippen LogP contribution in [0.25, 0.3) is 0 Å². The molecule has 2 aliphatic heterocycles. The van der Waals surface area contributed by atoms with Crippen LogP contribution in [0.4, 0.5) is 5.69 Å². The molecule has 3 rings (SSSR count). The normalized spacial score (nSPS) is 26.3. The van der Waals surface area contributed by atoms with Gasteiger partial charge in [0.25, 0.3) is 0 Å². The summed E-state index contributed by atoms with van der Waals surface area (Å²) in [4.78, 5) is 6.17. The molecule has 1 aromatic rings. The van der Waals surface area contributed by atoms with Crippen molar-refractivity contribution in [3.8, 4) is 5.75 Å². The van der Waals surface area contributed by atoms with Gasteiger partial charge < -0.3 is 19.4 Å². The minimum Gasteiger partial charge on any atom is -0.495 e. The molecule has 0 unspecified atom stereocenters. The highest BCUT2D eigenvalue weighted by Gasteiger charge is 2.32. The molecule has 0 aliphatic carbocycles. The second-order valence-electron chi connectivity index (χ2n) is 7.09. The number of nitrogens with one attached hydrogen (secondary N) is 2. The lowest BCUT2D eigenvalue weighted by atomic mass is 10.0. The predicted octanol–water partition coefficient (Wildman–Crippen LogP) is -0.143. The molecular formula is C19H33N3O+2. The van der Waals surface area contributed by atoms with Gasteiger partial charge in [0.05, 0.1) is 64.7 Å². The maximum Gasteiger partial charge on any atom is 0.142 e. The maximum absolute atomic E-state index is 5.53. The highest BCUT2D eigenvalue weighted by Crippen LogP contribution is 2.27. The number of methoxy groups -OCH3 is 1. The summed E-state index contributed by atoms with van der Waals surface area (Å²) in [5.41, 5.74) is 1.26. The summed E-state index contributed by atoms with van der Waals surface area (Å²) in [5, 5.41) is 0. The van der Waals surface area contributed by atoms with Crippen LogP contribution in [0, 0.1) is 0 Å². The number of likely N-dealkylation sites (tertiary alicyclic amines) is 1. The van der Waals surface area contributed by atoms with Crippen LogP contribution < -0.4 is 19.4 Å². The number of quaternary nitrogens is 2. The van der Waals surface area contributed by atoms with E-state index in [1.54, 1.807) is 7.11 Å². The summed E-state index contributed by atoms with van der Waals surface area (Å²) in [6, 6.07) is 9.33. The van der Waals surface area contributed by atoms with E-state index in [4.69, 9.17) is 4.74 Å². The number of piperidine rings is 1. The van der Waals surface area contributed by atoms with Gasteiger partial charge in [0.1, 0.15) is 5.75 Å². The van der Waals surface area contributed by atoms with E-state index < -0.39 is 0 Å². The SMILES string of the molecule is CCC[NH+]1CCC([NH+]2CCN(c3ccccc3OC)CC2)CC1. The first-order chi connectivity index (χ1) is 11.3. The summed E-state index contributed by atoms with van der Waals surface area (Å²) in [6.45, 7) is 11.3. The van der Waals surface area contributed by atoms with Crippen LogP contribution in [0.2, 0.25) is 0 Å². The minimum atomic E-state index is 0.899. The quantitative estimate of drug-likeness (QED) is 0.788. The van der Waals surface area contributed by atoms with Crippen LogP contribution >= 0.6 is 0 Å². The lowest BCUT2D eigenvalue weighted by Gasteiger charge is -2.40. The zero-order chi connectivity index (χ0) is 16.1. The number of ether oxygens (including phenoxy) is 1. The van der Waals surface area contributed by atoms with E-state index in [-0.39, 0.29) is 0 Å². The van der Waals surface area contributed by atoms with Crippen molar-refractivity contribution in [2.45, 2.75) is 32.2 Å². The van der Waals surface area contributed by atoms with Gasteiger partial charge in [-0.25, -0.2) is 0 Å². The van der Waals surface area contributed by atoms with Gasteiger partial charge in [0.15, 0.2) is 0 Å². The summed E-state index contributed by atoms with van der Waals surface area (Å²) in [5.74, 6) is 1.01. The van der Waals surface area contributed by atoms with Crippen molar-refractivity contribution in [3.63, 3.8) is 0 Å². The van der Waals surface area contributed by atoms with Crippen LogP contribution in [-0.4, -0.2) is 59.0 Å². The van der Waals surface area contributed by atoms with Crippen LogP contribution in [0.1, 0.15) is 26.2 Å². The van der Waals surface area contributed by atoms with Crippen molar-refractivity contribution in [3.05, 3.63) is 24.3 Å². The topological polar surface area (TPSA) is 21.4 Å². The maximum atomic E-state index is 5.53. The van der Waals surface area contributed by atoms with E-state index in [0.29, 0.717) is 0 Å². The molecule has 0 aromatic heterocycles. The van der Waals surface area contributed by atoms with Crippen LogP contribution in [0.15, 0.2) is 24.3 Å². The van der Waals surface area contributed by atoms with Gasteiger partial charge in [0.2, 0.25) is 0 Å². The van der Waals surface area contributed by atoms with Gasteiger partial charge in [-0.15, -0.1) is 0 Å². The Bertz CT molecular complexity index is 477. The Morgan fingerprint density at radius 2 is 1.78 bits per heavy atom. The Kier molecular flexibility index (Phi) is 5.79. The van der Waals surface area contributed by atoms with Crippen molar-refractivity contribution in [1.29, 1.82) is 0 Å². The number of hydrogen-bond donors (Lipinski definition) is 2. The zero-order valence-electron chi connectivity index (χ0n) is 14.8. The molecule has 4 nitrogen and oxygen atoms in total. The van der Waals surface area contributed by atoms with E-state index >= 15 is 0 Å². The molecule has 2 aliphatic rings. The molecular weight excluding hydrogens is 286 g/mol. The minimum absolute atomic E-state index is 0.899. The van der Waals surface area contributed by atoms with E-state index in [2.05, 4.69) is 36.1 Å². The van der Waals surface area contributed by atoms with Gasteiger partial charge in [-0.05, 0) is 18.6 Å². The fraction of sp³-hybridized carbons (Fsp3) is 0.684. The average molecular weight is 319 g/mol. The second-order valence-corrected chi connectivity index (χ2v) is 7.09. The molecule has 128 valence electrons. The van der Waals surface area contributed by atoms with E-state index in [0.717, 1.165) is 24.9 Å². The van der Waals surface area contributed by atoms with Gasteiger partial charge in [-0.1, -0.05) is 19.1 Å². The summed E-state index contributed by atoms with van der Waals surface area (Å²) in [7, 11) is 1.77. The third-order valence-electron chi connectivity index (χ3n) is 5.71. The predicted molar refractivity (Wildman–Crippen MR) is 94.8 cm³/mol. The molecule has 4 heteroatoms. The van der Waals surface area contributed by atoms with E-state index in [1.807, 2.05) is 9.80 Å². The molecule has 0 atom stereocenters. The number of piperazine rings is 1. The average Bonchev–Trinajstić information content (AvgIpc) is 2.63. The number of hydrogen-bond acceptors (Lipinski definition) is 2. The summed E-state index contributed by atoms with van der Waals surface area (Å²) >= 11 is 0. The van der Waals surface area contributed by atoms with Crippen LogP contribution in [0.3, 0.4) is 0 Å². The van der Waals surface area contributed by atoms with Crippen LogP contribution in [-0.2, 0) is 0 Å². The van der Waals surface area contributed by atoms with Gasteiger partial charge in [0, 0.05) is 12.8 Å². The highest BCUT2D eigenvalue weighted by molar-refractivity contribution is 5.58. The first-order valence-electron chi connectivity index (χ1n) is 9.38. The Hall–Kier alpha value is -1.26. The third kappa shape index (κ3) is 3.99. The van der Waals surface area contributed by atoms with E-state index in [9.17, 15) is 0 Å². The molecule has 2 N–H and O–H groups in total. The number of anilines is 1. The van der Waals surface area contributed by atoms with E-state index in [1.165, 1.54) is 57.7 Å². The molecule has 0 amide bonds. The fourth-order valence-electron chi connectivity index (χ4n) is 4.37.